The van der Waals surface area contributed by atoms with Crippen molar-refractivity contribution in [3.05, 3.63) is 143 Å². The van der Waals surface area contributed by atoms with Gasteiger partial charge >= 0.3 is 5.97 Å². The quantitative estimate of drug-likeness (QED) is 0.0376. The number of hydrogen-bond donors (Lipinski definition) is 1. The van der Waals surface area contributed by atoms with Crippen LogP contribution in [0, 0.1) is 11.3 Å². The lowest BCUT2D eigenvalue weighted by Crippen LogP contribution is -2.31. The molecule has 0 unspecified atom stereocenters. The summed E-state index contributed by atoms with van der Waals surface area (Å²) in [6.07, 6.45) is 6.04. The van der Waals surface area contributed by atoms with E-state index < -0.39 is 16.8 Å². The molecular formula is C49H44N3O4+. The van der Waals surface area contributed by atoms with E-state index in [0.29, 0.717) is 18.6 Å². The number of carboxylic acids is 1. The van der Waals surface area contributed by atoms with Crippen LogP contribution in [0.5, 0.6) is 0 Å². The Morgan fingerprint density at radius 3 is 1.88 bits per heavy atom. The third kappa shape index (κ3) is 5.67. The van der Waals surface area contributed by atoms with Crippen LogP contribution in [0.4, 0.5) is 11.4 Å². The van der Waals surface area contributed by atoms with Crippen LogP contribution < -0.4 is 4.90 Å². The molecule has 56 heavy (non-hydrogen) atoms. The molecular weight excluding hydrogens is 695 g/mol. The maximum absolute atomic E-state index is 12.1. The van der Waals surface area contributed by atoms with E-state index in [4.69, 9.17) is 4.74 Å². The van der Waals surface area contributed by atoms with Gasteiger partial charge in [-0.25, -0.2) is 0 Å². The van der Waals surface area contributed by atoms with Crippen LogP contribution in [0.3, 0.4) is 0 Å². The molecule has 278 valence electrons. The van der Waals surface area contributed by atoms with Gasteiger partial charge in [-0.15, -0.1) is 0 Å². The van der Waals surface area contributed by atoms with Crippen molar-refractivity contribution in [1.82, 2.24) is 0 Å². The highest BCUT2D eigenvalue weighted by Crippen LogP contribution is 2.54. The number of allylic oxidation sites excluding steroid dienone is 6. The molecule has 6 aromatic rings. The summed E-state index contributed by atoms with van der Waals surface area (Å²) in [5.74, 6) is -0.894. The topological polar surface area (TPSA) is 93.6 Å². The Morgan fingerprint density at radius 2 is 1.30 bits per heavy atom. The Bertz CT molecular complexity index is 2810. The Hall–Kier alpha value is -6.52. The molecule has 0 spiro atoms. The molecule has 2 aliphatic heterocycles. The normalized spacial score (nSPS) is 16.9. The Balaban J connectivity index is 1.30. The molecule has 0 saturated carbocycles. The van der Waals surface area contributed by atoms with Gasteiger partial charge in [-0.2, -0.15) is 9.84 Å². The summed E-state index contributed by atoms with van der Waals surface area (Å²) in [5.41, 5.74) is 6.54. The van der Waals surface area contributed by atoms with Gasteiger partial charge in [0, 0.05) is 22.1 Å². The van der Waals surface area contributed by atoms with E-state index in [1.54, 1.807) is 0 Å². The van der Waals surface area contributed by atoms with Crippen molar-refractivity contribution < 1.29 is 24.0 Å². The summed E-state index contributed by atoms with van der Waals surface area (Å²) in [6.45, 7) is 12.2. The van der Waals surface area contributed by atoms with Crippen LogP contribution in [0.1, 0.15) is 52.2 Å². The number of nitrogens with zero attached hydrogens (tertiary/aromatic N) is 3. The zero-order valence-electron chi connectivity index (χ0n) is 32.4. The van der Waals surface area contributed by atoms with Gasteiger partial charge in [-0.3, -0.25) is 9.59 Å². The first-order valence-electron chi connectivity index (χ1n) is 19.1. The van der Waals surface area contributed by atoms with Crippen molar-refractivity contribution in [1.29, 1.82) is 5.26 Å². The second kappa shape index (κ2) is 14.0. The van der Waals surface area contributed by atoms with Crippen LogP contribution in [0.25, 0.3) is 43.1 Å². The first-order chi connectivity index (χ1) is 27.0. The van der Waals surface area contributed by atoms with Crippen molar-refractivity contribution in [2.24, 2.45) is 0 Å². The van der Waals surface area contributed by atoms with E-state index >= 15 is 0 Å². The van der Waals surface area contributed by atoms with E-state index in [2.05, 4.69) is 128 Å². The maximum atomic E-state index is 12.1. The highest BCUT2D eigenvalue weighted by molar-refractivity contribution is 6.21. The van der Waals surface area contributed by atoms with Crippen molar-refractivity contribution in [3.63, 3.8) is 0 Å². The van der Waals surface area contributed by atoms with Gasteiger partial charge < -0.3 is 14.7 Å². The molecule has 0 saturated heterocycles. The van der Waals surface area contributed by atoms with Crippen LogP contribution in [-0.4, -0.2) is 47.5 Å². The van der Waals surface area contributed by atoms with Crippen molar-refractivity contribution in [2.45, 2.75) is 51.9 Å². The van der Waals surface area contributed by atoms with E-state index in [1.165, 1.54) is 21.7 Å². The molecule has 0 bridgehead atoms. The lowest BCUT2D eigenvalue weighted by atomic mass is 9.76. The molecule has 6 aromatic carbocycles. The predicted molar refractivity (Wildman–Crippen MR) is 226 cm³/mol. The first kappa shape index (κ1) is 36.5. The van der Waals surface area contributed by atoms with Gasteiger partial charge in [0.05, 0.1) is 23.0 Å². The Kier molecular flexibility index (Phi) is 9.09. The van der Waals surface area contributed by atoms with Gasteiger partial charge in [0.15, 0.2) is 6.54 Å². The number of rotatable bonds is 10. The second-order valence-corrected chi connectivity index (χ2v) is 15.8. The lowest BCUT2D eigenvalue weighted by molar-refractivity contribution is -0.435. The number of fused-ring (bicyclic) bond motifs is 12. The van der Waals surface area contributed by atoms with Crippen LogP contribution in [-0.2, 0) is 25.2 Å². The highest BCUT2D eigenvalue weighted by atomic mass is 16.5. The average molecular weight is 739 g/mol. The van der Waals surface area contributed by atoms with Gasteiger partial charge in [-0.1, -0.05) is 111 Å². The van der Waals surface area contributed by atoms with Gasteiger partial charge in [0.25, 0.3) is 6.47 Å². The maximum Gasteiger partial charge on any atom is 0.309 e. The van der Waals surface area contributed by atoms with Crippen molar-refractivity contribution in [2.75, 3.05) is 24.6 Å². The number of aliphatic carboxylic acids is 1. The summed E-state index contributed by atoms with van der Waals surface area (Å²) < 4.78 is 7.35. The molecule has 0 radical (unpaired) electrons. The number of nitriles is 1. The summed E-state index contributed by atoms with van der Waals surface area (Å²) in [7, 11) is 0. The highest BCUT2D eigenvalue weighted by Gasteiger charge is 2.50. The van der Waals surface area contributed by atoms with E-state index in [1.807, 2.05) is 37.3 Å². The third-order valence-electron chi connectivity index (χ3n) is 11.7. The largest absolute Gasteiger partial charge is 0.481 e. The van der Waals surface area contributed by atoms with Gasteiger partial charge in [0.2, 0.25) is 11.4 Å². The zero-order chi connectivity index (χ0) is 39.4. The van der Waals surface area contributed by atoms with E-state index in [9.17, 15) is 20.0 Å². The van der Waals surface area contributed by atoms with Gasteiger partial charge in [0.1, 0.15) is 24.7 Å². The molecule has 8 rings (SSSR count). The number of carbonyl (C=O) groups excluding carboxylic acids is 1. The van der Waals surface area contributed by atoms with Crippen LogP contribution in [0.15, 0.2) is 132 Å². The Labute approximate surface area is 326 Å². The van der Waals surface area contributed by atoms with Crippen LogP contribution in [0.2, 0.25) is 0 Å². The molecule has 0 fully saturated rings. The summed E-state index contributed by atoms with van der Waals surface area (Å²) >= 11 is 0. The number of hydrogen-bond acceptors (Lipinski definition) is 5. The van der Waals surface area contributed by atoms with Crippen molar-refractivity contribution in [3.8, 4) is 6.07 Å². The lowest BCUT2D eigenvalue weighted by Gasteiger charge is -2.27. The minimum atomic E-state index is -0.894. The SMILES string of the molecule is CC(/C=C(\C#N)C1=[N+](CCC(=O)O)c2c(c3ccccc3c3ccccc23)C1(C)C)=C\C=C1/N(CCOC=O)c2c(c3ccccc3c3ccccc23)C1(C)C. The summed E-state index contributed by atoms with van der Waals surface area (Å²) in [4.78, 5) is 25.6. The number of carboxylic acid groups (broad SMARTS) is 1. The fourth-order valence-corrected chi connectivity index (χ4v) is 9.50. The minimum Gasteiger partial charge on any atom is -0.481 e. The molecule has 0 aromatic heterocycles. The molecule has 2 aliphatic rings. The summed E-state index contributed by atoms with van der Waals surface area (Å²) in [6, 6.07) is 36.1. The monoisotopic (exact) mass is 738 g/mol. The standard InChI is InChI=1S/C49H43N3O4/c1-31(22-23-41-48(2,3)43-37-18-10-6-14-33(37)35-16-8-12-20-39(35)45(43)51(41)26-27-56-30-53)28-32(29-50)47-49(4,5)44-38-19-11-7-15-34(38)36-17-9-13-21-40(36)46(44)52(47)25-24-42(54)55/h6-23,28,30H,24-27H2,1-5H3/p+1. The molecule has 2 heterocycles. The number of ether oxygens (including phenoxy) is 1. The van der Waals surface area contributed by atoms with Gasteiger partial charge in [-0.05, 0) is 82.4 Å². The molecule has 1 N–H and O–H groups in total. The smallest absolute Gasteiger partial charge is 0.309 e. The summed E-state index contributed by atoms with van der Waals surface area (Å²) in [5, 5.41) is 29.9. The Morgan fingerprint density at radius 1 is 0.786 bits per heavy atom. The number of carbonyl (C=O) groups is 2. The zero-order valence-corrected chi connectivity index (χ0v) is 32.4. The molecule has 0 aliphatic carbocycles. The first-order valence-corrected chi connectivity index (χ1v) is 19.1. The minimum absolute atomic E-state index is 0.0809. The predicted octanol–water partition coefficient (Wildman–Crippen LogP) is 10.4. The molecule has 0 amide bonds. The number of anilines is 1. The average Bonchev–Trinajstić information content (AvgIpc) is 3.57. The van der Waals surface area contributed by atoms with Crippen LogP contribution >= 0.6 is 0 Å². The molecule has 7 heteroatoms. The molecule has 0 atom stereocenters. The van der Waals surface area contributed by atoms with Crippen molar-refractivity contribution >= 4 is 72.6 Å². The number of benzene rings is 6. The van der Waals surface area contributed by atoms with E-state index in [0.717, 1.165) is 60.9 Å². The second-order valence-electron chi connectivity index (χ2n) is 15.8. The fraction of sp³-hybridized carbons (Fsp3) is 0.224. The fourth-order valence-electron chi connectivity index (χ4n) is 9.50. The van der Waals surface area contributed by atoms with E-state index in [-0.39, 0.29) is 19.6 Å². The third-order valence-corrected chi connectivity index (χ3v) is 11.7. The molecule has 7 nitrogen and oxygen atoms in total.